The number of halogens is 1. The van der Waals surface area contributed by atoms with Crippen LogP contribution >= 0.6 is 11.6 Å². The van der Waals surface area contributed by atoms with Gasteiger partial charge in [0.05, 0.1) is 11.9 Å². The Morgan fingerprint density at radius 1 is 1.15 bits per heavy atom. The molecule has 0 fully saturated rings. The van der Waals surface area contributed by atoms with Crippen LogP contribution < -0.4 is 9.62 Å². The third-order valence-corrected chi connectivity index (χ3v) is 5.71. The van der Waals surface area contributed by atoms with Gasteiger partial charge in [0, 0.05) is 11.6 Å². The molecule has 0 aromatic heterocycles. The predicted octanol–water partition coefficient (Wildman–Crippen LogP) is 3.37. The Labute approximate surface area is 160 Å². The molecule has 0 aliphatic heterocycles. The van der Waals surface area contributed by atoms with Crippen molar-refractivity contribution in [1.82, 2.24) is 5.32 Å². The molecule has 0 unspecified atom stereocenters. The highest BCUT2D eigenvalue weighted by molar-refractivity contribution is 7.92. The summed E-state index contributed by atoms with van der Waals surface area (Å²) in [6, 6.07) is 13.5. The molecule has 0 bridgehead atoms. The fourth-order valence-corrected chi connectivity index (χ4v) is 4.04. The first-order chi connectivity index (χ1) is 12.2. The van der Waals surface area contributed by atoms with Crippen LogP contribution in [0.4, 0.5) is 5.69 Å². The fraction of sp³-hybridized carbons (Fsp3) is 0.316. The summed E-state index contributed by atoms with van der Waals surface area (Å²) in [6.45, 7) is 3.82. The van der Waals surface area contributed by atoms with Crippen LogP contribution in [0, 0.1) is 0 Å². The molecule has 2 aromatic rings. The molecule has 5 nitrogen and oxygen atoms in total. The Balaban J connectivity index is 2.19. The second kappa shape index (κ2) is 8.56. The van der Waals surface area contributed by atoms with E-state index in [-0.39, 0.29) is 6.54 Å². The minimum atomic E-state index is -3.63. The molecular formula is C19H23ClN2O3S. The number of nitrogens with zero attached hydrogens (tertiary/aromatic N) is 1. The number of benzene rings is 2. The van der Waals surface area contributed by atoms with Crippen LogP contribution in [0.15, 0.2) is 48.5 Å². The van der Waals surface area contributed by atoms with E-state index in [4.69, 9.17) is 11.6 Å². The van der Waals surface area contributed by atoms with Crippen LogP contribution in [0.1, 0.15) is 25.0 Å². The SMILES string of the molecule is CCc1ccc(N([C@H](C)C(=O)NCc2ccccc2Cl)S(C)(=O)=O)cc1. The molecule has 1 atom stereocenters. The van der Waals surface area contributed by atoms with E-state index in [2.05, 4.69) is 5.32 Å². The lowest BCUT2D eigenvalue weighted by Crippen LogP contribution is -2.47. The van der Waals surface area contributed by atoms with Gasteiger partial charge in [0.1, 0.15) is 6.04 Å². The first-order valence-electron chi connectivity index (χ1n) is 8.33. The van der Waals surface area contributed by atoms with Gasteiger partial charge in [-0.15, -0.1) is 0 Å². The second-order valence-electron chi connectivity index (χ2n) is 6.06. The molecular weight excluding hydrogens is 372 g/mol. The molecule has 7 heteroatoms. The Kier molecular flexibility index (Phi) is 6.67. The van der Waals surface area contributed by atoms with E-state index >= 15 is 0 Å². The van der Waals surface area contributed by atoms with Crippen LogP contribution in [0.25, 0.3) is 0 Å². The summed E-state index contributed by atoms with van der Waals surface area (Å²) in [6.07, 6.45) is 1.95. The van der Waals surface area contributed by atoms with Crippen LogP contribution in [-0.4, -0.2) is 26.6 Å². The van der Waals surface area contributed by atoms with Gasteiger partial charge < -0.3 is 5.32 Å². The maximum Gasteiger partial charge on any atom is 0.243 e. The van der Waals surface area contributed by atoms with Gasteiger partial charge in [0.15, 0.2) is 0 Å². The van der Waals surface area contributed by atoms with E-state index in [0.717, 1.165) is 28.1 Å². The van der Waals surface area contributed by atoms with E-state index in [9.17, 15) is 13.2 Å². The topological polar surface area (TPSA) is 66.5 Å². The minimum Gasteiger partial charge on any atom is -0.350 e. The quantitative estimate of drug-likeness (QED) is 0.782. The highest BCUT2D eigenvalue weighted by Crippen LogP contribution is 2.22. The summed E-state index contributed by atoms with van der Waals surface area (Å²) in [5.74, 6) is -0.394. The van der Waals surface area contributed by atoms with Gasteiger partial charge in [-0.05, 0) is 42.7 Å². The number of hydrogen-bond acceptors (Lipinski definition) is 3. The van der Waals surface area contributed by atoms with Gasteiger partial charge in [-0.25, -0.2) is 8.42 Å². The molecule has 1 N–H and O–H groups in total. The van der Waals surface area contributed by atoms with Gasteiger partial charge >= 0.3 is 0 Å². The van der Waals surface area contributed by atoms with Crippen molar-refractivity contribution in [2.24, 2.45) is 0 Å². The van der Waals surface area contributed by atoms with E-state index < -0.39 is 22.0 Å². The number of aryl methyl sites for hydroxylation is 1. The number of carbonyl (C=O) groups is 1. The Hall–Kier alpha value is -2.05. The Bertz CT molecular complexity index is 867. The summed E-state index contributed by atoms with van der Waals surface area (Å²) in [7, 11) is -3.63. The molecule has 2 rings (SSSR count). The molecule has 0 aliphatic carbocycles. The van der Waals surface area contributed by atoms with E-state index in [1.54, 1.807) is 25.1 Å². The molecule has 2 aromatic carbocycles. The third-order valence-electron chi connectivity index (χ3n) is 4.10. The average molecular weight is 395 g/mol. The number of amides is 1. The number of nitrogens with one attached hydrogen (secondary N) is 1. The van der Waals surface area contributed by atoms with E-state index in [1.807, 2.05) is 37.3 Å². The molecule has 0 radical (unpaired) electrons. The summed E-state index contributed by atoms with van der Waals surface area (Å²) in [4.78, 5) is 12.6. The van der Waals surface area contributed by atoms with Crippen LogP contribution in [-0.2, 0) is 27.8 Å². The molecule has 1 amide bonds. The van der Waals surface area contributed by atoms with Crippen molar-refractivity contribution < 1.29 is 13.2 Å². The molecule has 0 saturated carbocycles. The van der Waals surface area contributed by atoms with Crippen molar-refractivity contribution in [1.29, 1.82) is 0 Å². The molecule has 0 spiro atoms. The third kappa shape index (κ3) is 4.99. The second-order valence-corrected chi connectivity index (χ2v) is 8.33. The standard InChI is InChI=1S/C19H23ClN2O3S/c1-4-15-9-11-17(12-10-15)22(26(3,24)25)14(2)19(23)21-13-16-7-5-6-8-18(16)20/h5-12,14H,4,13H2,1-3H3,(H,21,23)/t14-/m1/s1. The van der Waals surface area contributed by atoms with Crippen LogP contribution in [0.5, 0.6) is 0 Å². The Morgan fingerprint density at radius 2 is 1.77 bits per heavy atom. The highest BCUT2D eigenvalue weighted by atomic mass is 35.5. The maximum atomic E-state index is 12.6. The summed E-state index contributed by atoms with van der Waals surface area (Å²) in [5.41, 5.74) is 2.33. The number of anilines is 1. The normalized spacial score (nSPS) is 12.5. The van der Waals surface area contributed by atoms with Crippen molar-refractivity contribution in [3.8, 4) is 0 Å². The van der Waals surface area contributed by atoms with Crippen molar-refractivity contribution >= 4 is 33.2 Å². The van der Waals surface area contributed by atoms with Crippen LogP contribution in [0.3, 0.4) is 0 Å². The molecule has 0 aliphatic rings. The van der Waals surface area contributed by atoms with Gasteiger partial charge in [0.25, 0.3) is 0 Å². The zero-order valence-electron chi connectivity index (χ0n) is 15.1. The first kappa shape index (κ1) is 20.3. The van der Waals surface area contributed by atoms with E-state index in [1.165, 1.54) is 0 Å². The summed E-state index contributed by atoms with van der Waals surface area (Å²) in [5, 5.41) is 3.31. The average Bonchev–Trinajstić information content (AvgIpc) is 2.60. The number of sulfonamides is 1. The first-order valence-corrected chi connectivity index (χ1v) is 10.6. The molecule has 26 heavy (non-hydrogen) atoms. The van der Waals surface area contributed by atoms with Gasteiger partial charge in [-0.3, -0.25) is 9.10 Å². The summed E-state index contributed by atoms with van der Waals surface area (Å²) >= 11 is 6.09. The van der Waals surface area contributed by atoms with Crippen molar-refractivity contribution in [3.05, 3.63) is 64.7 Å². The number of carbonyl (C=O) groups excluding carboxylic acids is 1. The molecule has 140 valence electrons. The Morgan fingerprint density at radius 3 is 2.31 bits per heavy atom. The maximum absolute atomic E-state index is 12.6. The number of rotatable bonds is 7. The van der Waals surface area contributed by atoms with Crippen molar-refractivity contribution in [2.75, 3.05) is 10.6 Å². The fourth-order valence-electron chi connectivity index (χ4n) is 2.66. The lowest BCUT2D eigenvalue weighted by atomic mass is 10.1. The lowest BCUT2D eigenvalue weighted by molar-refractivity contribution is -0.122. The predicted molar refractivity (Wildman–Crippen MR) is 106 cm³/mol. The monoisotopic (exact) mass is 394 g/mol. The van der Waals surface area contributed by atoms with E-state index in [0.29, 0.717) is 10.7 Å². The number of hydrogen-bond donors (Lipinski definition) is 1. The zero-order valence-corrected chi connectivity index (χ0v) is 16.6. The van der Waals surface area contributed by atoms with Gasteiger partial charge in [-0.1, -0.05) is 48.9 Å². The largest absolute Gasteiger partial charge is 0.350 e. The molecule has 0 saturated heterocycles. The van der Waals surface area contributed by atoms with Gasteiger partial charge in [-0.2, -0.15) is 0 Å². The highest BCUT2D eigenvalue weighted by Gasteiger charge is 2.29. The molecule has 0 heterocycles. The zero-order chi connectivity index (χ0) is 19.3. The minimum absolute atomic E-state index is 0.231. The van der Waals surface area contributed by atoms with Crippen LogP contribution in [0.2, 0.25) is 5.02 Å². The smallest absolute Gasteiger partial charge is 0.243 e. The van der Waals surface area contributed by atoms with Crippen molar-refractivity contribution in [3.63, 3.8) is 0 Å². The lowest BCUT2D eigenvalue weighted by Gasteiger charge is -2.28. The summed E-state index contributed by atoms with van der Waals surface area (Å²) < 4.78 is 25.7. The van der Waals surface area contributed by atoms with Crippen molar-refractivity contribution in [2.45, 2.75) is 32.9 Å². The van der Waals surface area contributed by atoms with Gasteiger partial charge in [0.2, 0.25) is 15.9 Å².